The van der Waals surface area contributed by atoms with Crippen LogP contribution in [-0.4, -0.2) is 31.3 Å². The maximum absolute atomic E-state index is 9.23. The number of hydrogen-bond donors (Lipinski definition) is 2. The summed E-state index contributed by atoms with van der Waals surface area (Å²) in [5, 5.41) is 21.5. The van der Waals surface area contributed by atoms with E-state index in [1.807, 2.05) is 0 Å². The third-order valence-electron chi connectivity index (χ3n) is 5.02. The number of nitrogens with one attached hydrogen (secondary N) is 1. The molecule has 0 radical (unpaired) electrons. The minimum Gasteiger partial charge on any atom is -0.396 e. The Labute approximate surface area is 146 Å². The van der Waals surface area contributed by atoms with Crippen LogP contribution in [0.1, 0.15) is 45.1 Å². The van der Waals surface area contributed by atoms with Gasteiger partial charge in [0.2, 0.25) is 0 Å². The van der Waals surface area contributed by atoms with Crippen molar-refractivity contribution in [2.75, 3.05) is 31.1 Å². The number of nitriles is 1. The molecule has 1 aliphatic rings. The van der Waals surface area contributed by atoms with Crippen molar-refractivity contribution in [3.8, 4) is 6.07 Å². The van der Waals surface area contributed by atoms with Crippen LogP contribution in [-0.2, 0) is 6.54 Å². The molecule has 0 unspecified atom stereocenters. The SMILES string of the molecule is CC(C)(CCC#N)CNCc1ccc(N2CCC(CO)CC2)cc1. The Morgan fingerprint density at radius 3 is 2.50 bits per heavy atom. The summed E-state index contributed by atoms with van der Waals surface area (Å²) in [5.41, 5.74) is 2.73. The van der Waals surface area contributed by atoms with Gasteiger partial charge in [-0.05, 0) is 48.3 Å². The zero-order valence-electron chi connectivity index (χ0n) is 15.1. The monoisotopic (exact) mass is 329 g/mol. The van der Waals surface area contributed by atoms with E-state index >= 15 is 0 Å². The summed E-state index contributed by atoms with van der Waals surface area (Å²) in [7, 11) is 0. The van der Waals surface area contributed by atoms with Crippen LogP contribution >= 0.6 is 0 Å². The van der Waals surface area contributed by atoms with Gasteiger partial charge < -0.3 is 15.3 Å². The maximum Gasteiger partial charge on any atom is 0.0621 e. The van der Waals surface area contributed by atoms with E-state index in [0.717, 1.165) is 45.4 Å². The third-order valence-corrected chi connectivity index (χ3v) is 5.02. The van der Waals surface area contributed by atoms with Gasteiger partial charge in [0.1, 0.15) is 0 Å². The molecule has 1 saturated heterocycles. The van der Waals surface area contributed by atoms with Crippen molar-refractivity contribution in [2.45, 2.75) is 46.1 Å². The van der Waals surface area contributed by atoms with Crippen LogP contribution in [0.4, 0.5) is 5.69 Å². The summed E-state index contributed by atoms with van der Waals surface area (Å²) in [4.78, 5) is 2.41. The van der Waals surface area contributed by atoms with Crippen LogP contribution in [0.2, 0.25) is 0 Å². The molecule has 1 aromatic rings. The first-order valence-electron chi connectivity index (χ1n) is 9.06. The highest BCUT2D eigenvalue weighted by atomic mass is 16.3. The van der Waals surface area contributed by atoms with Crippen LogP contribution in [0.3, 0.4) is 0 Å². The molecule has 0 bridgehead atoms. The topological polar surface area (TPSA) is 59.3 Å². The van der Waals surface area contributed by atoms with Crippen molar-refractivity contribution in [3.05, 3.63) is 29.8 Å². The summed E-state index contributed by atoms with van der Waals surface area (Å²) >= 11 is 0. The van der Waals surface area contributed by atoms with Crippen molar-refractivity contribution in [2.24, 2.45) is 11.3 Å². The van der Waals surface area contributed by atoms with Gasteiger partial charge in [-0.15, -0.1) is 0 Å². The molecule has 24 heavy (non-hydrogen) atoms. The third kappa shape index (κ3) is 5.81. The Morgan fingerprint density at radius 2 is 1.92 bits per heavy atom. The Morgan fingerprint density at radius 1 is 1.25 bits per heavy atom. The van der Waals surface area contributed by atoms with E-state index in [1.54, 1.807) is 0 Å². The van der Waals surface area contributed by atoms with E-state index < -0.39 is 0 Å². The fraction of sp³-hybridized carbons (Fsp3) is 0.650. The lowest BCUT2D eigenvalue weighted by Gasteiger charge is -2.33. The van der Waals surface area contributed by atoms with Gasteiger partial charge in [0.05, 0.1) is 6.07 Å². The molecule has 1 fully saturated rings. The Balaban J connectivity index is 1.77. The van der Waals surface area contributed by atoms with Crippen molar-refractivity contribution in [1.29, 1.82) is 5.26 Å². The lowest BCUT2D eigenvalue weighted by Crippen LogP contribution is -2.34. The molecule has 0 aromatic heterocycles. The molecule has 2 rings (SSSR count). The second-order valence-electron chi connectivity index (χ2n) is 7.71. The normalized spacial score (nSPS) is 16.2. The van der Waals surface area contributed by atoms with Gasteiger partial charge in [-0.2, -0.15) is 5.26 Å². The van der Waals surface area contributed by atoms with Crippen LogP contribution in [0, 0.1) is 22.7 Å². The molecule has 2 N–H and O–H groups in total. The summed E-state index contributed by atoms with van der Waals surface area (Å²) < 4.78 is 0. The molecule has 0 atom stereocenters. The molecule has 0 spiro atoms. The average molecular weight is 329 g/mol. The van der Waals surface area contributed by atoms with E-state index in [1.165, 1.54) is 11.3 Å². The summed E-state index contributed by atoms with van der Waals surface area (Å²) in [6, 6.07) is 11.0. The smallest absolute Gasteiger partial charge is 0.0621 e. The first-order valence-corrected chi connectivity index (χ1v) is 9.06. The van der Waals surface area contributed by atoms with Gasteiger partial charge in [-0.25, -0.2) is 0 Å². The number of hydrogen-bond acceptors (Lipinski definition) is 4. The molecule has 4 heteroatoms. The van der Waals surface area contributed by atoms with E-state index in [-0.39, 0.29) is 5.41 Å². The summed E-state index contributed by atoms with van der Waals surface area (Å²) in [5.74, 6) is 0.481. The highest BCUT2D eigenvalue weighted by Gasteiger charge is 2.19. The second kappa shape index (κ2) is 9.05. The minimum absolute atomic E-state index is 0.159. The quantitative estimate of drug-likeness (QED) is 0.768. The summed E-state index contributed by atoms with van der Waals surface area (Å²) in [6.45, 7) is 8.59. The largest absolute Gasteiger partial charge is 0.396 e. The highest BCUT2D eigenvalue weighted by Crippen LogP contribution is 2.24. The Bertz CT molecular complexity index is 525. The van der Waals surface area contributed by atoms with E-state index in [0.29, 0.717) is 18.9 Å². The molecular weight excluding hydrogens is 298 g/mol. The molecule has 1 aliphatic heterocycles. The predicted molar refractivity (Wildman–Crippen MR) is 98.8 cm³/mol. The lowest BCUT2D eigenvalue weighted by molar-refractivity contribution is 0.203. The van der Waals surface area contributed by atoms with Crippen LogP contribution in [0.25, 0.3) is 0 Å². The van der Waals surface area contributed by atoms with Crippen LogP contribution in [0.15, 0.2) is 24.3 Å². The average Bonchev–Trinajstić information content (AvgIpc) is 2.61. The molecule has 4 nitrogen and oxygen atoms in total. The van der Waals surface area contributed by atoms with Crippen molar-refractivity contribution in [3.63, 3.8) is 0 Å². The van der Waals surface area contributed by atoms with E-state index in [9.17, 15) is 5.11 Å². The Kier molecular flexibility index (Phi) is 7.08. The molecule has 0 aliphatic carbocycles. The first kappa shape index (κ1) is 18.8. The number of anilines is 1. The zero-order valence-corrected chi connectivity index (χ0v) is 15.1. The first-order chi connectivity index (χ1) is 11.5. The molecule has 0 amide bonds. The van der Waals surface area contributed by atoms with Crippen molar-refractivity contribution >= 4 is 5.69 Å². The minimum atomic E-state index is 0.159. The maximum atomic E-state index is 9.23. The number of rotatable bonds is 8. The summed E-state index contributed by atoms with van der Waals surface area (Å²) in [6.07, 6.45) is 3.71. The highest BCUT2D eigenvalue weighted by molar-refractivity contribution is 5.48. The number of aliphatic hydroxyl groups excluding tert-OH is 1. The predicted octanol–water partition coefficient (Wildman–Crippen LogP) is 3.31. The van der Waals surface area contributed by atoms with Crippen LogP contribution < -0.4 is 10.2 Å². The van der Waals surface area contributed by atoms with Crippen LogP contribution in [0.5, 0.6) is 0 Å². The van der Waals surface area contributed by atoms with E-state index in [4.69, 9.17) is 5.26 Å². The molecule has 132 valence electrons. The lowest BCUT2D eigenvalue weighted by atomic mass is 9.88. The Hall–Kier alpha value is -1.57. The standard InChI is InChI=1S/C20H31N3O/c1-20(2,10-3-11-21)16-22-14-17-4-6-19(7-5-17)23-12-8-18(15-24)9-13-23/h4-7,18,22,24H,3,8-10,12-16H2,1-2H3. The number of piperidine rings is 1. The second-order valence-corrected chi connectivity index (χ2v) is 7.71. The van der Waals surface area contributed by atoms with Gasteiger partial charge >= 0.3 is 0 Å². The molecule has 1 heterocycles. The molecule has 0 saturated carbocycles. The molecule has 1 aromatic carbocycles. The van der Waals surface area contributed by atoms with Crippen molar-refractivity contribution in [1.82, 2.24) is 5.32 Å². The fourth-order valence-corrected chi connectivity index (χ4v) is 3.23. The van der Waals surface area contributed by atoms with Gasteiger partial charge in [-0.3, -0.25) is 0 Å². The number of benzene rings is 1. The fourth-order valence-electron chi connectivity index (χ4n) is 3.23. The van der Waals surface area contributed by atoms with Gasteiger partial charge in [-0.1, -0.05) is 26.0 Å². The van der Waals surface area contributed by atoms with E-state index in [2.05, 4.69) is 54.4 Å². The van der Waals surface area contributed by atoms with Crippen molar-refractivity contribution < 1.29 is 5.11 Å². The van der Waals surface area contributed by atoms with Gasteiger partial charge in [0, 0.05) is 44.9 Å². The van der Waals surface area contributed by atoms with Gasteiger partial charge in [0.15, 0.2) is 0 Å². The zero-order chi connectivity index (χ0) is 17.4. The van der Waals surface area contributed by atoms with Gasteiger partial charge in [0.25, 0.3) is 0 Å². The number of nitrogens with zero attached hydrogens (tertiary/aromatic N) is 2. The number of aliphatic hydroxyl groups is 1. The molecular formula is C20H31N3O.